The molecule has 0 radical (unpaired) electrons. The van der Waals surface area contributed by atoms with Gasteiger partial charge in [-0.2, -0.15) is 0 Å². The third-order valence-corrected chi connectivity index (χ3v) is 2.15. The molecular weight excluding hydrogens is 176 g/mol. The summed E-state index contributed by atoms with van der Waals surface area (Å²) in [5, 5.41) is 6.14. The summed E-state index contributed by atoms with van der Waals surface area (Å²) in [4.78, 5) is 11.3. The predicted octanol–water partition coefficient (Wildman–Crippen LogP) is 1.68. The first-order chi connectivity index (χ1) is 6.70. The molecule has 14 heavy (non-hydrogen) atoms. The number of unbranched alkanes of at least 4 members (excludes halogenated alkanes) is 2. The molecule has 0 aliphatic heterocycles. The zero-order valence-electron chi connectivity index (χ0n) is 9.73. The highest BCUT2D eigenvalue weighted by Crippen LogP contribution is 1.93. The average Bonchev–Trinajstić information content (AvgIpc) is 2.13. The molecule has 1 amide bonds. The lowest BCUT2D eigenvalue weighted by Gasteiger charge is -2.11. The topological polar surface area (TPSA) is 41.1 Å². The van der Waals surface area contributed by atoms with Gasteiger partial charge in [-0.25, -0.2) is 0 Å². The second kappa shape index (κ2) is 9.00. The van der Waals surface area contributed by atoms with Gasteiger partial charge in [0.15, 0.2) is 0 Å². The Balaban J connectivity index is 3.35. The number of carbonyl (C=O) groups excluding carboxylic acids is 1. The van der Waals surface area contributed by atoms with Gasteiger partial charge in [-0.1, -0.05) is 26.7 Å². The SMILES string of the molecule is CCCCCNC(=O)CC(C)NCC. The molecule has 0 aliphatic rings. The Kier molecular flexibility index (Phi) is 8.64. The summed E-state index contributed by atoms with van der Waals surface area (Å²) in [5.41, 5.74) is 0. The molecule has 0 rings (SSSR count). The number of hydrogen-bond donors (Lipinski definition) is 2. The minimum absolute atomic E-state index is 0.162. The van der Waals surface area contributed by atoms with Crippen molar-refractivity contribution in [1.29, 1.82) is 0 Å². The van der Waals surface area contributed by atoms with Crippen LogP contribution in [-0.2, 0) is 4.79 Å². The van der Waals surface area contributed by atoms with E-state index in [0.29, 0.717) is 6.42 Å². The molecule has 0 aromatic rings. The Labute approximate surface area is 87.6 Å². The minimum atomic E-state index is 0.162. The van der Waals surface area contributed by atoms with Crippen LogP contribution in [0, 0.1) is 0 Å². The summed E-state index contributed by atoms with van der Waals surface area (Å²) in [6.45, 7) is 8.00. The minimum Gasteiger partial charge on any atom is -0.356 e. The highest BCUT2D eigenvalue weighted by atomic mass is 16.1. The molecule has 1 atom stereocenters. The van der Waals surface area contributed by atoms with Crippen LogP contribution in [0.3, 0.4) is 0 Å². The van der Waals surface area contributed by atoms with E-state index < -0.39 is 0 Å². The number of nitrogens with one attached hydrogen (secondary N) is 2. The molecule has 0 aromatic heterocycles. The zero-order chi connectivity index (χ0) is 10.8. The molecule has 0 spiro atoms. The predicted molar refractivity (Wildman–Crippen MR) is 60.3 cm³/mol. The van der Waals surface area contributed by atoms with Crippen LogP contribution < -0.4 is 10.6 Å². The molecule has 2 N–H and O–H groups in total. The Bertz CT molecular complexity index is 148. The normalized spacial score (nSPS) is 12.5. The first kappa shape index (κ1) is 13.4. The molecule has 0 heterocycles. The van der Waals surface area contributed by atoms with Crippen LogP contribution in [-0.4, -0.2) is 25.0 Å². The Morgan fingerprint density at radius 1 is 1.29 bits per heavy atom. The van der Waals surface area contributed by atoms with Crippen molar-refractivity contribution in [2.45, 2.75) is 52.5 Å². The van der Waals surface area contributed by atoms with Crippen LogP contribution in [0.4, 0.5) is 0 Å². The fourth-order valence-corrected chi connectivity index (χ4v) is 1.37. The van der Waals surface area contributed by atoms with Crippen LogP contribution in [0.25, 0.3) is 0 Å². The lowest BCUT2D eigenvalue weighted by Crippen LogP contribution is -2.34. The molecule has 1 unspecified atom stereocenters. The molecular formula is C11H24N2O. The van der Waals surface area contributed by atoms with Crippen molar-refractivity contribution < 1.29 is 4.79 Å². The van der Waals surface area contributed by atoms with Gasteiger partial charge >= 0.3 is 0 Å². The van der Waals surface area contributed by atoms with Crippen LogP contribution in [0.15, 0.2) is 0 Å². The van der Waals surface area contributed by atoms with Gasteiger partial charge < -0.3 is 10.6 Å². The van der Waals surface area contributed by atoms with Gasteiger partial charge in [-0.05, 0) is 19.9 Å². The highest BCUT2D eigenvalue weighted by molar-refractivity contribution is 5.76. The fourth-order valence-electron chi connectivity index (χ4n) is 1.37. The van der Waals surface area contributed by atoms with Crippen molar-refractivity contribution in [2.24, 2.45) is 0 Å². The van der Waals surface area contributed by atoms with E-state index in [1.54, 1.807) is 0 Å². The average molecular weight is 200 g/mol. The molecule has 0 saturated carbocycles. The van der Waals surface area contributed by atoms with Gasteiger partial charge in [-0.3, -0.25) is 4.79 Å². The number of hydrogen-bond acceptors (Lipinski definition) is 2. The van der Waals surface area contributed by atoms with E-state index in [0.717, 1.165) is 19.5 Å². The highest BCUT2D eigenvalue weighted by Gasteiger charge is 2.06. The standard InChI is InChI=1S/C11H24N2O/c1-4-6-7-8-13-11(14)9-10(3)12-5-2/h10,12H,4-9H2,1-3H3,(H,13,14). The Hall–Kier alpha value is -0.570. The van der Waals surface area contributed by atoms with Crippen LogP contribution >= 0.6 is 0 Å². The van der Waals surface area contributed by atoms with Crippen molar-refractivity contribution in [3.8, 4) is 0 Å². The van der Waals surface area contributed by atoms with Crippen LogP contribution in [0.5, 0.6) is 0 Å². The van der Waals surface area contributed by atoms with E-state index >= 15 is 0 Å². The summed E-state index contributed by atoms with van der Waals surface area (Å²) in [6.07, 6.45) is 4.07. The van der Waals surface area contributed by atoms with Gasteiger partial charge in [0.1, 0.15) is 0 Å². The van der Waals surface area contributed by atoms with Crippen LogP contribution in [0.1, 0.15) is 46.5 Å². The molecule has 0 bridgehead atoms. The van der Waals surface area contributed by atoms with Crippen molar-refractivity contribution >= 4 is 5.91 Å². The van der Waals surface area contributed by atoms with Crippen LogP contribution in [0.2, 0.25) is 0 Å². The van der Waals surface area contributed by atoms with E-state index in [1.807, 2.05) is 6.92 Å². The second-order valence-electron chi connectivity index (χ2n) is 3.72. The quantitative estimate of drug-likeness (QED) is 0.585. The summed E-state index contributed by atoms with van der Waals surface area (Å²) < 4.78 is 0. The van der Waals surface area contributed by atoms with Gasteiger partial charge in [0.2, 0.25) is 5.91 Å². The lowest BCUT2D eigenvalue weighted by molar-refractivity contribution is -0.121. The van der Waals surface area contributed by atoms with E-state index in [-0.39, 0.29) is 11.9 Å². The molecule has 0 saturated heterocycles. The van der Waals surface area contributed by atoms with Gasteiger partial charge in [0.05, 0.1) is 0 Å². The first-order valence-corrected chi connectivity index (χ1v) is 5.70. The number of carbonyl (C=O) groups is 1. The zero-order valence-corrected chi connectivity index (χ0v) is 9.73. The smallest absolute Gasteiger partial charge is 0.221 e. The largest absolute Gasteiger partial charge is 0.356 e. The third-order valence-electron chi connectivity index (χ3n) is 2.15. The fraction of sp³-hybridized carbons (Fsp3) is 0.909. The van der Waals surface area contributed by atoms with E-state index in [9.17, 15) is 4.79 Å². The monoisotopic (exact) mass is 200 g/mol. The summed E-state index contributed by atoms with van der Waals surface area (Å²) in [5.74, 6) is 0.162. The molecule has 0 aliphatic carbocycles. The third kappa shape index (κ3) is 8.05. The lowest BCUT2D eigenvalue weighted by atomic mass is 10.2. The summed E-state index contributed by atoms with van der Waals surface area (Å²) in [6, 6.07) is 0.283. The van der Waals surface area contributed by atoms with E-state index in [1.165, 1.54) is 12.8 Å². The van der Waals surface area contributed by atoms with Gasteiger partial charge in [0, 0.05) is 19.0 Å². The molecule has 0 fully saturated rings. The maximum Gasteiger partial charge on any atom is 0.221 e. The second-order valence-corrected chi connectivity index (χ2v) is 3.72. The number of amides is 1. The maximum absolute atomic E-state index is 11.3. The molecule has 84 valence electrons. The Morgan fingerprint density at radius 2 is 2.00 bits per heavy atom. The maximum atomic E-state index is 11.3. The van der Waals surface area contributed by atoms with E-state index in [2.05, 4.69) is 24.5 Å². The van der Waals surface area contributed by atoms with E-state index in [4.69, 9.17) is 0 Å². The summed E-state index contributed by atoms with van der Waals surface area (Å²) in [7, 11) is 0. The molecule has 0 aromatic carbocycles. The van der Waals surface area contributed by atoms with Crippen molar-refractivity contribution in [3.63, 3.8) is 0 Å². The number of rotatable bonds is 8. The van der Waals surface area contributed by atoms with Crippen molar-refractivity contribution in [1.82, 2.24) is 10.6 Å². The van der Waals surface area contributed by atoms with Gasteiger partial charge in [-0.15, -0.1) is 0 Å². The van der Waals surface area contributed by atoms with Crippen molar-refractivity contribution in [2.75, 3.05) is 13.1 Å². The first-order valence-electron chi connectivity index (χ1n) is 5.70. The summed E-state index contributed by atoms with van der Waals surface area (Å²) >= 11 is 0. The Morgan fingerprint density at radius 3 is 2.57 bits per heavy atom. The van der Waals surface area contributed by atoms with Gasteiger partial charge in [0.25, 0.3) is 0 Å². The van der Waals surface area contributed by atoms with Crippen molar-refractivity contribution in [3.05, 3.63) is 0 Å². The molecule has 3 heteroatoms. The molecule has 3 nitrogen and oxygen atoms in total.